The summed E-state index contributed by atoms with van der Waals surface area (Å²) in [5.74, 6) is -1.36. The van der Waals surface area contributed by atoms with Crippen molar-refractivity contribution in [2.45, 2.75) is 17.9 Å². The monoisotopic (exact) mass is 444 g/mol. The van der Waals surface area contributed by atoms with Crippen LogP contribution in [0.15, 0.2) is 59.8 Å². The first kappa shape index (κ1) is 22.1. The minimum atomic E-state index is -3.66. The van der Waals surface area contributed by atoms with Crippen LogP contribution in [0.25, 0.3) is 5.69 Å². The number of nitrogens with zero attached hydrogens (tertiary/aromatic N) is 5. The van der Waals surface area contributed by atoms with Gasteiger partial charge in [0.15, 0.2) is 6.10 Å². The molecule has 11 nitrogen and oxygen atoms in total. The maximum Gasteiger partial charge on any atom is 0.341 e. The van der Waals surface area contributed by atoms with Gasteiger partial charge in [-0.2, -0.15) is 4.68 Å². The number of para-hydroxylation sites is 1. The number of carbonyl (C=O) groups excluding carboxylic acids is 2. The molecule has 12 heteroatoms. The number of esters is 1. The topological polar surface area (TPSA) is 136 Å². The minimum Gasteiger partial charge on any atom is -0.449 e. The van der Waals surface area contributed by atoms with E-state index < -0.39 is 28.0 Å². The number of aromatic nitrogens is 4. The van der Waals surface area contributed by atoms with E-state index in [1.807, 2.05) is 0 Å². The molecule has 1 amide bonds. The van der Waals surface area contributed by atoms with Gasteiger partial charge in [0, 0.05) is 19.8 Å². The molecular weight excluding hydrogens is 424 g/mol. The fourth-order valence-electron chi connectivity index (χ4n) is 2.58. The van der Waals surface area contributed by atoms with E-state index in [1.54, 1.807) is 18.2 Å². The summed E-state index contributed by atoms with van der Waals surface area (Å²) in [5, 5.41) is 13.4. The van der Waals surface area contributed by atoms with Crippen LogP contribution in [0.1, 0.15) is 17.3 Å². The number of hydrogen-bond acceptors (Lipinski definition) is 8. The summed E-state index contributed by atoms with van der Waals surface area (Å²) in [6.07, 6.45) is 0.181. The van der Waals surface area contributed by atoms with Gasteiger partial charge in [-0.1, -0.05) is 18.2 Å². The largest absolute Gasteiger partial charge is 0.449 e. The van der Waals surface area contributed by atoms with Crippen molar-refractivity contribution in [3.8, 4) is 5.69 Å². The molecule has 1 aromatic heterocycles. The van der Waals surface area contributed by atoms with Crippen LogP contribution in [0.5, 0.6) is 0 Å². The smallest absolute Gasteiger partial charge is 0.341 e. The van der Waals surface area contributed by atoms with Crippen LogP contribution in [-0.2, 0) is 19.6 Å². The van der Waals surface area contributed by atoms with Gasteiger partial charge in [0.1, 0.15) is 6.33 Å². The number of nitrogens with one attached hydrogen (secondary N) is 1. The zero-order valence-electron chi connectivity index (χ0n) is 17.0. The van der Waals surface area contributed by atoms with E-state index in [-0.39, 0.29) is 16.1 Å². The molecule has 0 radical (unpaired) electrons. The molecule has 0 fully saturated rings. The lowest BCUT2D eigenvalue weighted by Gasteiger charge is -2.16. The van der Waals surface area contributed by atoms with E-state index in [0.717, 1.165) is 4.31 Å². The molecule has 0 saturated heterocycles. The van der Waals surface area contributed by atoms with Gasteiger partial charge >= 0.3 is 5.97 Å². The Labute approximate surface area is 178 Å². The van der Waals surface area contributed by atoms with Crippen molar-refractivity contribution in [3.63, 3.8) is 0 Å². The van der Waals surface area contributed by atoms with Gasteiger partial charge < -0.3 is 10.1 Å². The second-order valence-corrected chi connectivity index (χ2v) is 8.78. The van der Waals surface area contributed by atoms with Gasteiger partial charge in [0.05, 0.1) is 16.1 Å². The predicted octanol–water partition coefficient (Wildman–Crippen LogP) is 1.10. The van der Waals surface area contributed by atoms with Gasteiger partial charge in [0.25, 0.3) is 5.91 Å². The quantitative estimate of drug-likeness (QED) is 0.535. The molecule has 1 atom stereocenters. The van der Waals surface area contributed by atoms with Crippen LogP contribution in [0.4, 0.5) is 5.69 Å². The summed E-state index contributed by atoms with van der Waals surface area (Å²) >= 11 is 0. The Morgan fingerprint density at radius 1 is 1.13 bits per heavy atom. The van der Waals surface area contributed by atoms with Crippen LogP contribution in [0, 0.1) is 0 Å². The van der Waals surface area contributed by atoms with Gasteiger partial charge in [0.2, 0.25) is 10.0 Å². The highest BCUT2D eigenvalue weighted by Gasteiger charge is 2.23. The molecular formula is C19H20N6O5S. The van der Waals surface area contributed by atoms with E-state index in [4.69, 9.17) is 4.74 Å². The van der Waals surface area contributed by atoms with E-state index in [0.29, 0.717) is 5.69 Å². The van der Waals surface area contributed by atoms with Crippen LogP contribution < -0.4 is 5.32 Å². The number of tetrazole rings is 1. The Balaban J connectivity index is 1.72. The van der Waals surface area contributed by atoms with Crippen molar-refractivity contribution in [2.75, 3.05) is 19.4 Å². The highest BCUT2D eigenvalue weighted by atomic mass is 32.2. The molecule has 1 N–H and O–H groups in total. The normalized spacial score (nSPS) is 12.4. The molecule has 0 bridgehead atoms. The predicted molar refractivity (Wildman–Crippen MR) is 110 cm³/mol. The van der Waals surface area contributed by atoms with Crippen LogP contribution in [0.3, 0.4) is 0 Å². The molecule has 31 heavy (non-hydrogen) atoms. The number of rotatable bonds is 7. The van der Waals surface area contributed by atoms with Gasteiger partial charge in [-0.05, 0) is 47.7 Å². The first-order valence-corrected chi connectivity index (χ1v) is 10.5. The SMILES string of the molecule is CC(OC(=O)c1ccccc1-n1cnnn1)C(=O)Nc1cccc(S(=O)(=O)N(C)C)c1. The van der Waals surface area contributed by atoms with Crippen molar-refractivity contribution in [2.24, 2.45) is 0 Å². The molecule has 0 aliphatic carbocycles. The summed E-state index contributed by atoms with van der Waals surface area (Å²) in [5.41, 5.74) is 0.824. The maximum atomic E-state index is 12.6. The number of amides is 1. The number of benzene rings is 2. The Hall–Kier alpha value is -3.64. The second-order valence-electron chi connectivity index (χ2n) is 6.62. The number of anilines is 1. The summed E-state index contributed by atoms with van der Waals surface area (Å²) in [6.45, 7) is 1.41. The van der Waals surface area contributed by atoms with E-state index in [1.165, 1.54) is 62.4 Å². The molecule has 0 spiro atoms. The summed E-state index contributed by atoms with van der Waals surface area (Å²) in [4.78, 5) is 25.1. The van der Waals surface area contributed by atoms with Crippen LogP contribution in [0.2, 0.25) is 0 Å². The molecule has 0 aliphatic heterocycles. The first-order valence-electron chi connectivity index (χ1n) is 9.07. The van der Waals surface area contributed by atoms with Crippen molar-refractivity contribution in [1.82, 2.24) is 24.5 Å². The summed E-state index contributed by atoms with van der Waals surface area (Å²) < 4.78 is 32.2. The Morgan fingerprint density at radius 3 is 2.55 bits per heavy atom. The fraction of sp³-hybridized carbons (Fsp3) is 0.211. The molecule has 0 saturated carbocycles. The molecule has 3 aromatic rings. The lowest BCUT2D eigenvalue weighted by atomic mass is 10.2. The summed E-state index contributed by atoms with van der Waals surface area (Å²) in [6, 6.07) is 12.3. The standard InChI is InChI=1S/C19H20N6O5S/c1-13(18(26)21-14-7-6-8-15(11-14)31(28,29)24(2)3)30-19(27)16-9-4-5-10-17(16)25-12-20-22-23-25/h4-13H,1-3H3,(H,21,26). The molecule has 1 unspecified atom stereocenters. The van der Waals surface area contributed by atoms with Crippen LogP contribution in [-0.4, -0.2) is 65.0 Å². The minimum absolute atomic E-state index is 0.0234. The third kappa shape index (κ3) is 4.92. The van der Waals surface area contributed by atoms with Crippen molar-refractivity contribution in [1.29, 1.82) is 0 Å². The third-order valence-electron chi connectivity index (χ3n) is 4.25. The molecule has 162 valence electrons. The first-order chi connectivity index (χ1) is 14.7. The maximum absolute atomic E-state index is 12.6. The molecule has 1 heterocycles. The Bertz CT molecular complexity index is 1190. The zero-order chi connectivity index (χ0) is 22.6. The highest BCUT2D eigenvalue weighted by molar-refractivity contribution is 7.89. The number of ether oxygens (including phenoxy) is 1. The van der Waals surface area contributed by atoms with Crippen molar-refractivity contribution < 1.29 is 22.7 Å². The van der Waals surface area contributed by atoms with E-state index in [2.05, 4.69) is 20.8 Å². The molecule has 0 aliphatic rings. The molecule has 2 aromatic carbocycles. The average Bonchev–Trinajstić information content (AvgIpc) is 3.28. The van der Waals surface area contributed by atoms with Crippen molar-refractivity contribution in [3.05, 3.63) is 60.4 Å². The fourth-order valence-corrected chi connectivity index (χ4v) is 3.53. The van der Waals surface area contributed by atoms with Crippen LogP contribution >= 0.6 is 0 Å². The number of hydrogen-bond donors (Lipinski definition) is 1. The lowest BCUT2D eigenvalue weighted by Crippen LogP contribution is -2.30. The Kier molecular flexibility index (Phi) is 6.42. The van der Waals surface area contributed by atoms with Crippen molar-refractivity contribution >= 4 is 27.6 Å². The Morgan fingerprint density at radius 2 is 1.87 bits per heavy atom. The lowest BCUT2D eigenvalue weighted by molar-refractivity contribution is -0.123. The third-order valence-corrected chi connectivity index (χ3v) is 6.06. The number of sulfonamides is 1. The van der Waals surface area contributed by atoms with E-state index >= 15 is 0 Å². The van der Waals surface area contributed by atoms with Gasteiger partial charge in [-0.3, -0.25) is 4.79 Å². The second kappa shape index (κ2) is 9.02. The van der Waals surface area contributed by atoms with E-state index in [9.17, 15) is 18.0 Å². The highest BCUT2D eigenvalue weighted by Crippen LogP contribution is 2.19. The average molecular weight is 444 g/mol. The summed E-state index contributed by atoms with van der Waals surface area (Å²) in [7, 11) is -0.834. The zero-order valence-corrected chi connectivity index (χ0v) is 17.8. The molecule has 3 rings (SSSR count). The van der Waals surface area contributed by atoms with Gasteiger partial charge in [-0.15, -0.1) is 5.10 Å². The van der Waals surface area contributed by atoms with Gasteiger partial charge in [-0.25, -0.2) is 17.5 Å². The number of carbonyl (C=O) groups is 2.